The molecule has 5 nitrogen and oxygen atoms in total. The molecule has 0 aliphatic heterocycles. The average molecular weight is 258 g/mol. The molecule has 0 radical (unpaired) electrons. The van der Waals surface area contributed by atoms with E-state index in [1.54, 1.807) is 10.9 Å². The lowest BCUT2D eigenvalue weighted by Crippen LogP contribution is -2.11. The van der Waals surface area contributed by atoms with Crippen molar-refractivity contribution >= 4 is 17.3 Å². The molecule has 0 aliphatic carbocycles. The first kappa shape index (κ1) is 13.1. The van der Waals surface area contributed by atoms with Crippen molar-refractivity contribution in [3.8, 4) is 0 Å². The molecule has 100 valence electrons. The summed E-state index contributed by atoms with van der Waals surface area (Å²) in [7, 11) is 0. The molecule has 2 rings (SSSR count). The van der Waals surface area contributed by atoms with Crippen molar-refractivity contribution in [3.63, 3.8) is 0 Å². The highest BCUT2D eigenvalue weighted by atomic mass is 16.1. The van der Waals surface area contributed by atoms with Crippen LogP contribution in [0.3, 0.4) is 0 Å². The summed E-state index contributed by atoms with van der Waals surface area (Å²) in [6.45, 7) is 2.79. The monoisotopic (exact) mass is 258 g/mol. The standard InChI is InChI=1S/C14H18N4O/c1-2-18-10-13(9-16-18)17-14(19)8-5-11-3-6-12(15)7-4-11/h3-4,6-7,9-10H,2,5,8,15H2,1H3,(H,17,19). The Bertz CT molecular complexity index is 545. The van der Waals surface area contributed by atoms with Crippen molar-refractivity contribution in [2.45, 2.75) is 26.3 Å². The molecule has 0 unspecified atom stereocenters. The number of hydrogen-bond acceptors (Lipinski definition) is 3. The first-order chi connectivity index (χ1) is 9.17. The van der Waals surface area contributed by atoms with Gasteiger partial charge in [0.2, 0.25) is 5.91 Å². The van der Waals surface area contributed by atoms with E-state index in [9.17, 15) is 4.79 Å². The van der Waals surface area contributed by atoms with Crippen LogP contribution in [0.5, 0.6) is 0 Å². The third-order valence-electron chi connectivity index (χ3n) is 2.86. The predicted octanol–water partition coefficient (Wildman–Crippen LogP) is 2.06. The summed E-state index contributed by atoms with van der Waals surface area (Å²) in [4.78, 5) is 11.8. The molecule has 1 heterocycles. The van der Waals surface area contributed by atoms with Crippen molar-refractivity contribution in [2.24, 2.45) is 0 Å². The lowest BCUT2D eigenvalue weighted by Gasteiger charge is -2.03. The molecule has 1 aromatic carbocycles. The Morgan fingerprint density at radius 2 is 2.11 bits per heavy atom. The molecular weight excluding hydrogens is 240 g/mol. The maximum absolute atomic E-state index is 11.8. The second-order valence-electron chi connectivity index (χ2n) is 4.37. The Balaban J connectivity index is 1.82. The van der Waals surface area contributed by atoms with Crippen LogP contribution >= 0.6 is 0 Å². The van der Waals surface area contributed by atoms with E-state index in [0.29, 0.717) is 12.8 Å². The number of aromatic nitrogens is 2. The maximum atomic E-state index is 11.8. The van der Waals surface area contributed by atoms with Crippen molar-refractivity contribution in [3.05, 3.63) is 42.2 Å². The summed E-state index contributed by atoms with van der Waals surface area (Å²) < 4.78 is 1.77. The second-order valence-corrected chi connectivity index (χ2v) is 4.37. The van der Waals surface area contributed by atoms with Gasteiger partial charge in [-0.15, -0.1) is 0 Å². The topological polar surface area (TPSA) is 72.9 Å². The van der Waals surface area contributed by atoms with Crippen LogP contribution in [0.15, 0.2) is 36.7 Å². The Labute approximate surface area is 112 Å². The lowest BCUT2D eigenvalue weighted by molar-refractivity contribution is -0.116. The van der Waals surface area contributed by atoms with Crippen LogP contribution < -0.4 is 11.1 Å². The summed E-state index contributed by atoms with van der Waals surface area (Å²) in [6.07, 6.45) is 4.63. The average Bonchev–Trinajstić information content (AvgIpc) is 2.86. The van der Waals surface area contributed by atoms with Gasteiger partial charge in [0, 0.05) is 24.8 Å². The van der Waals surface area contributed by atoms with E-state index in [0.717, 1.165) is 23.5 Å². The highest BCUT2D eigenvalue weighted by Crippen LogP contribution is 2.09. The minimum absolute atomic E-state index is 0.00696. The zero-order valence-corrected chi connectivity index (χ0v) is 11.0. The molecule has 0 spiro atoms. The molecular formula is C14H18N4O. The second kappa shape index (κ2) is 6.04. The van der Waals surface area contributed by atoms with E-state index >= 15 is 0 Å². The fourth-order valence-corrected chi connectivity index (χ4v) is 1.77. The first-order valence-corrected chi connectivity index (χ1v) is 6.34. The number of anilines is 2. The van der Waals surface area contributed by atoms with E-state index in [2.05, 4.69) is 10.4 Å². The van der Waals surface area contributed by atoms with Gasteiger partial charge in [0.05, 0.1) is 11.9 Å². The van der Waals surface area contributed by atoms with E-state index in [4.69, 9.17) is 5.73 Å². The Morgan fingerprint density at radius 3 is 2.74 bits per heavy atom. The summed E-state index contributed by atoms with van der Waals surface area (Å²) in [5, 5.41) is 6.94. The van der Waals surface area contributed by atoms with Crippen LogP contribution in [-0.2, 0) is 17.8 Å². The number of benzene rings is 1. The third-order valence-corrected chi connectivity index (χ3v) is 2.86. The maximum Gasteiger partial charge on any atom is 0.224 e. The number of nitrogens with zero attached hydrogens (tertiary/aromatic N) is 2. The SMILES string of the molecule is CCn1cc(NC(=O)CCc2ccc(N)cc2)cn1. The van der Waals surface area contributed by atoms with Crippen molar-refractivity contribution < 1.29 is 4.79 Å². The van der Waals surface area contributed by atoms with Crippen LogP contribution in [0.25, 0.3) is 0 Å². The normalized spacial score (nSPS) is 10.4. The number of carbonyl (C=O) groups is 1. The Kier molecular flexibility index (Phi) is 4.18. The van der Waals surface area contributed by atoms with Gasteiger partial charge >= 0.3 is 0 Å². The molecule has 1 aromatic heterocycles. The summed E-state index contributed by atoms with van der Waals surface area (Å²) in [6, 6.07) is 7.58. The van der Waals surface area contributed by atoms with Crippen LogP contribution in [0, 0.1) is 0 Å². The van der Waals surface area contributed by atoms with Gasteiger partial charge in [-0.1, -0.05) is 12.1 Å². The number of nitrogens with two attached hydrogens (primary N) is 1. The largest absolute Gasteiger partial charge is 0.399 e. The molecule has 19 heavy (non-hydrogen) atoms. The van der Waals surface area contributed by atoms with Gasteiger partial charge in [-0.2, -0.15) is 5.10 Å². The molecule has 0 saturated carbocycles. The molecule has 5 heteroatoms. The van der Waals surface area contributed by atoms with Crippen LogP contribution in [0.1, 0.15) is 18.9 Å². The number of amides is 1. The summed E-state index contributed by atoms with van der Waals surface area (Å²) in [5.41, 5.74) is 8.19. The van der Waals surface area contributed by atoms with Crippen LogP contribution in [-0.4, -0.2) is 15.7 Å². The zero-order chi connectivity index (χ0) is 13.7. The highest BCUT2D eigenvalue weighted by Gasteiger charge is 2.04. The molecule has 0 bridgehead atoms. The third kappa shape index (κ3) is 3.84. The summed E-state index contributed by atoms with van der Waals surface area (Å²) >= 11 is 0. The van der Waals surface area contributed by atoms with Gasteiger partial charge < -0.3 is 11.1 Å². The minimum atomic E-state index is -0.00696. The van der Waals surface area contributed by atoms with Gasteiger partial charge in [-0.05, 0) is 31.0 Å². The van der Waals surface area contributed by atoms with Crippen molar-refractivity contribution in [2.75, 3.05) is 11.1 Å². The van der Waals surface area contributed by atoms with E-state index in [1.807, 2.05) is 37.4 Å². The predicted molar refractivity (Wildman–Crippen MR) is 75.7 cm³/mol. The van der Waals surface area contributed by atoms with Crippen molar-refractivity contribution in [1.82, 2.24) is 9.78 Å². The highest BCUT2D eigenvalue weighted by molar-refractivity contribution is 5.90. The van der Waals surface area contributed by atoms with Crippen LogP contribution in [0.4, 0.5) is 11.4 Å². The smallest absolute Gasteiger partial charge is 0.224 e. The number of nitrogens with one attached hydrogen (secondary N) is 1. The number of hydrogen-bond donors (Lipinski definition) is 2. The molecule has 0 fully saturated rings. The van der Waals surface area contributed by atoms with Crippen molar-refractivity contribution in [1.29, 1.82) is 0 Å². The summed E-state index contributed by atoms with van der Waals surface area (Å²) in [5.74, 6) is -0.00696. The molecule has 0 saturated heterocycles. The molecule has 1 amide bonds. The van der Waals surface area contributed by atoms with Crippen LogP contribution in [0.2, 0.25) is 0 Å². The number of rotatable bonds is 5. The first-order valence-electron chi connectivity index (χ1n) is 6.34. The fourth-order valence-electron chi connectivity index (χ4n) is 1.77. The number of aryl methyl sites for hydroxylation is 2. The molecule has 0 aliphatic rings. The van der Waals surface area contributed by atoms with Gasteiger partial charge in [0.25, 0.3) is 0 Å². The lowest BCUT2D eigenvalue weighted by atomic mass is 10.1. The van der Waals surface area contributed by atoms with E-state index < -0.39 is 0 Å². The van der Waals surface area contributed by atoms with Gasteiger partial charge in [0.15, 0.2) is 0 Å². The number of carbonyl (C=O) groups excluding carboxylic acids is 1. The Morgan fingerprint density at radius 1 is 1.37 bits per heavy atom. The zero-order valence-electron chi connectivity index (χ0n) is 11.0. The van der Waals surface area contributed by atoms with Gasteiger partial charge in [0.1, 0.15) is 0 Å². The Hall–Kier alpha value is -2.30. The minimum Gasteiger partial charge on any atom is -0.399 e. The van der Waals surface area contributed by atoms with Gasteiger partial charge in [-0.3, -0.25) is 9.48 Å². The van der Waals surface area contributed by atoms with E-state index in [-0.39, 0.29) is 5.91 Å². The number of nitrogen functional groups attached to an aromatic ring is 1. The quantitative estimate of drug-likeness (QED) is 0.806. The molecule has 0 atom stereocenters. The fraction of sp³-hybridized carbons (Fsp3) is 0.286. The molecule has 2 aromatic rings. The van der Waals surface area contributed by atoms with Gasteiger partial charge in [-0.25, -0.2) is 0 Å². The van der Waals surface area contributed by atoms with E-state index in [1.165, 1.54) is 0 Å². The molecule has 3 N–H and O–H groups in total.